The number of hydrogen-bond donors (Lipinski definition) is 1. The zero-order valence-electron chi connectivity index (χ0n) is 17.0. The number of hydrogen-bond acceptors (Lipinski definition) is 10. The number of nitrogens with one attached hydrogen (secondary N) is 1. The molecule has 31 heavy (non-hydrogen) atoms. The maximum atomic E-state index is 12.4. The van der Waals surface area contributed by atoms with E-state index < -0.39 is 11.6 Å². The van der Waals surface area contributed by atoms with E-state index in [-0.39, 0.29) is 24.5 Å². The van der Waals surface area contributed by atoms with Crippen LogP contribution in [-0.4, -0.2) is 55.6 Å². The molecule has 3 rings (SSSR count). The zero-order chi connectivity index (χ0) is 22.2. The topological polar surface area (TPSA) is 133 Å². The van der Waals surface area contributed by atoms with E-state index in [0.717, 1.165) is 12.2 Å². The number of anilines is 1. The molecule has 1 aliphatic rings. The largest absolute Gasteiger partial charge is 0.493 e. The summed E-state index contributed by atoms with van der Waals surface area (Å²) in [5.41, 5.74) is 0.592. The molecule has 1 aliphatic carbocycles. The quantitative estimate of drug-likeness (QED) is 0.445. The number of aromatic nitrogens is 2. The summed E-state index contributed by atoms with van der Waals surface area (Å²) >= 11 is 0. The number of ether oxygens (including phenoxy) is 4. The second-order valence-corrected chi connectivity index (χ2v) is 6.26. The molecule has 0 aliphatic heterocycles. The van der Waals surface area contributed by atoms with Crippen molar-refractivity contribution >= 4 is 28.3 Å². The minimum absolute atomic E-state index is 0.0308. The maximum absolute atomic E-state index is 12.4. The van der Waals surface area contributed by atoms with E-state index in [9.17, 15) is 9.59 Å². The van der Waals surface area contributed by atoms with Gasteiger partial charge in [-0.25, -0.2) is 9.97 Å². The van der Waals surface area contributed by atoms with Crippen LogP contribution in [-0.2, 0) is 19.1 Å². The molecule has 0 radical (unpaired) electrons. The average molecular weight is 424 g/mol. The van der Waals surface area contributed by atoms with Gasteiger partial charge in [0.15, 0.2) is 17.3 Å². The SMILES string of the molecule is COCCOc1cc2ncnc(NC3=CC(=O)C(OCCC#N)=CC3=O)c2cc1OC. The van der Waals surface area contributed by atoms with Crippen LogP contribution in [0.2, 0.25) is 0 Å². The van der Waals surface area contributed by atoms with Gasteiger partial charge in [-0.05, 0) is 6.07 Å². The second kappa shape index (κ2) is 10.2. The van der Waals surface area contributed by atoms with Gasteiger partial charge >= 0.3 is 0 Å². The van der Waals surface area contributed by atoms with Gasteiger partial charge < -0.3 is 24.3 Å². The highest BCUT2D eigenvalue weighted by atomic mass is 16.5. The molecule has 1 aromatic carbocycles. The predicted molar refractivity (Wildman–Crippen MR) is 109 cm³/mol. The van der Waals surface area contributed by atoms with E-state index in [0.29, 0.717) is 41.4 Å². The predicted octanol–water partition coefficient (Wildman–Crippen LogP) is 1.93. The second-order valence-electron chi connectivity index (χ2n) is 6.26. The molecule has 0 bridgehead atoms. The minimum atomic E-state index is -0.482. The zero-order valence-corrected chi connectivity index (χ0v) is 17.0. The molecule has 2 aromatic rings. The molecule has 10 nitrogen and oxygen atoms in total. The lowest BCUT2D eigenvalue weighted by atomic mass is 10.1. The molecule has 0 spiro atoms. The molecule has 1 N–H and O–H groups in total. The van der Waals surface area contributed by atoms with Gasteiger partial charge in [0, 0.05) is 30.7 Å². The molecule has 0 saturated carbocycles. The Kier molecular flexibility index (Phi) is 7.13. The third-order valence-electron chi connectivity index (χ3n) is 4.24. The van der Waals surface area contributed by atoms with Crippen LogP contribution in [0.15, 0.2) is 42.1 Å². The number of fused-ring (bicyclic) bond motifs is 1. The van der Waals surface area contributed by atoms with Gasteiger partial charge in [-0.2, -0.15) is 5.26 Å². The van der Waals surface area contributed by atoms with E-state index in [4.69, 9.17) is 24.2 Å². The van der Waals surface area contributed by atoms with Crippen molar-refractivity contribution in [1.29, 1.82) is 5.26 Å². The fraction of sp³-hybridized carbons (Fsp3) is 0.286. The monoisotopic (exact) mass is 424 g/mol. The molecular formula is C21H20N4O6. The molecule has 0 unspecified atom stereocenters. The molecule has 0 amide bonds. The van der Waals surface area contributed by atoms with Gasteiger partial charge in [-0.15, -0.1) is 0 Å². The number of nitriles is 1. The van der Waals surface area contributed by atoms with Crippen molar-refractivity contribution in [2.24, 2.45) is 0 Å². The normalized spacial score (nSPS) is 13.3. The van der Waals surface area contributed by atoms with E-state index in [1.165, 1.54) is 13.4 Å². The molecule has 0 atom stereocenters. The number of ketones is 2. The van der Waals surface area contributed by atoms with E-state index >= 15 is 0 Å². The maximum Gasteiger partial charge on any atom is 0.222 e. The average Bonchev–Trinajstić information content (AvgIpc) is 2.77. The molecule has 1 heterocycles. The Bertz CT molecular complexity index is 1100. The van der Waals surface area contributed by atoms with Gasteiger partial charge in [0.2, 0.25) is 11.6 Å². The van der Waals surface area contributed by atoms with Gasteiger partial charge in [-0.3, -0.25) is 9.59 Å². The van der Waals surface area contributed by atoms with Crippen molar-refractivity contribution in [3.05, 3.63) is 42.1 Å². The van der Waals surface area contributed by atoms with Crippen LogP contribution in [0.4, 0.5) is 5.82 Å². The van der Waals surface area contributed by atoms with Crippen molar-refractivity contribution in [2.75, 3.05) is 39.4 Å². The highest BCUT2D eigenvalue weighted by Gasteiger charge is 2.23. The Morgan fingerprint density at radius 2 is 1.84 bits per heavy atom. The Labute approximate surface area is 178 Å². The van der Waals surface area contributed by atoms with E-state index in [1.54, 1.807) is 19.2 Å². The van der Waals surface area contributed by atoms with Crippen molar-refractivity contribution in [3.8, 4) is 17.6 Å². The highest BCUT2D eigenvalue weighted by molar-refractivity contribution is 6.20. The minimum Gasteiger partial charge on any atom is -0.493 e. The summed E-state index contributed by atoms with van der Waals surface area (Å²) in [6, 6.07) is 5.28. The third-order valence-corrected chi connectivity index (χ3v) is 4.24. The summed E-state index contributed by atoms with van der Waals surface area (Å²) < 4.78 is 21.2. The lowest BCUT2D eigenvalue weighted by molar-refractivity contribution is -0.117. The van der Waals surface area contributed by atoms with Gasteiger partial charge in [0.25, 0.3) is 0 Å². The van der Waals surface area contributed by atoms with Crippen LogP contribution in [0.3, 0.4) is 0 Å². The lowest BCUT2D eigenvalue weighted by Crippen LogP contribution is -2.20. The van der Waals surface area contributed by atoms with E-state index in [1.807, 2.05) is 6.07 Å². The lowest BCUT2D eigenvalue weighted by Gasteiger charge is -2.16. The first kappa shape index (κ1) is 21.7. The third kappa shape index (κ3) is 5.15. The smallest absolute Gasteiger partial charge is 0.222 e. The number of benzene rings is 1. The summed E-state index contributed by atoms with van der Waals surface area (Å²) in [5.74, 6) is 0.227. The summed E-state index contributed by atoms with van der Waals surface area (Å²) in [7, 11) is 3.08. The van der Waals surface area contributed by atoms with Crippen molar-refractivity contribution < 1.29 is 28.5 Å². The first-order valence-corrected chi connectivity index (χ1v) is 9.30. The summed E-state index contributed by atoms with van der Waals surface area (Å²) in [6.07, 6.45) is 3.67. The summed E-state index contributed by atoms with van der Waals surface area (Å²) in [6.45, 7) is 0.782. The summed E-state index contributed by atoms with van der Waals surface area (Å²) in [5, 5.41) is 12.0. The fourth-order valence-corrected chi connectivity index (χ4v) is 2.76. The molecule has 1 aromatic heterocycles. The number of carbonyl (C=O) groups is 2. The van der Waals surface area contributed by atoms with Gasteiger partial charge in [0.05, 0.1) is 37.4 Å². The highest BCUT2D eigenvalue weighted by Crippen LogP contribution is 2.34. The van der Waals surface area contributed by atoms with Crippen molar-refractivity contribution in [2.45, 2.75) is 6.42 Å². The number of carbonyl (C=O) groups excluding carboxylic acids is 2. The van der Waals surface area contributed by atoms with Crippen LogP contribution < -0.4 is 14.8 Å². The Morgan fingerprint density at radius 1 is 1.00 bits per heavy atom. The van der Waals surface area contributed by atoms with Crippen molar-refractivity contribution in [1.82, 2.24) is 9.97 Å². The Balaban J connectivity index is 1.85. The number of allylic oxidation sites excluding steroid dienone is 2. The molecule has 10 heteroatoms. The van der Waals surface area contributed by atoms with Crippen LogP contribution in [0, 0.1) is 11.3 Å². The number of rotatable bonds is 10. The number of nitrogens with zero attached hydrogens (tertiary/aromatic N) is 3. The first-order chi connectivity index (χ1) is 15.1. The number of methoxy groups -OCH3 is 2. The standard InChI is InChI=1S/C21H20N4O6/c1-28-6-7-31-20-10-14-13(8-19(20)29-2)21(24-12-23-14)25-15-9-17(27)18(11-16(15)26)30-5-3-4-22/h8-12H,3,5-7H2,1-2H3,(H,23,24,25). The van der Waals surface area contributed by atoms with Crippen LogP contribution in [0.1, 0.15) is 6.42 Å². The molecular weight excluding hydrogens is 404 g/mol. The van der Waals surface area contributed by atoms with Crippen molar-refractivity contribution in [3.63, 3.8) is 0 Å². The fourth-order valence-electron chi connectivity index (χ4n) is 2.76. The van der Waals surface area contributed by atoms with Gasteiger partial charge in [0.1, 0.15) is 25.4 Å². The Hall–Kier alpha value is -3.97. The Morgan fingerprint density at radius 3 is 2.58 bits per heavy atom. The molecule has 0 fully saturated rings. The van der Waals surface area contributed by atoms with Crippen LogP contribution in [0.25, 0.3) is 10.9 Å². The van der Waals surface area contributed by atoms with E-state index in [2.05, 4.69) is 15.3 Å². The van der Waals surface area contributed by atoms with Crippen LogP contribution in [0.5, 0.6) is 11.5 Å². The molecule has 160 valence electrons. The van der Waals surface area contributed by atoms with Gasteiger partial charge in [-0.1, -0.05) is 0 Å². The first-order valence-electron chi connectivity index (χ1n) is 9.30. The molecule has 0 saturated heterocycles. The van der Waals surface area contributed by atoms with Crippen LogP contribution >= 0.6 is 0 Å². The summed E-state index contributed by atoms with van der Waals surface area (Å²) in [4.78, 5) is 33.1.